The Hall–Kier alpha value is -2.31. The molecule has 0 saturated carbocycles. The number of fused-ring (bicyclic) bond motifs is 2. The molecule has 1 aromatic heterocycles. The van der Waals surface area contributed by atoms with Crippen LogP contribution in [0.15, 0.2) is 36.5 Å². The third-order valence-corrected chi connectivity index (χ3v) is 6.95. The highest BCUT2D eigenvalue weighted by Gasteiger charge is 2.43. The van der Waals surface area contributed by atoms with Gasteiger partial charge in [-0.15, -0.1) is 0 Å². The molecule has 1 spiro atoms. The van der Waals surface area contributed by atoms with Gasteiger partial charge in [-0.1, -0.05) is 30.3 Å². The normalized spacial score (nSPS) is 23.5. The Balaban J connectivity index is 1.32. The number of likely N-dealkylation sites (tertiary alicyclic amines) is 2. The van der Waals surface area contributed by atoms with Gasteiger partial charge in [0.05, 0.1) is 12.3 Å². The molecule has 6 nitrogen and oxygen atoms in total. The summed E-state index contributed by atoms with van der Waals surface area (Å²) < 4.78 is 6.36. The molecule has 30 heavy (non-hydrogen) atoms. The van der Waals surface area contributed by atoms with Crippen molar-refractivity contribution >= 4 is 5.91 Å². The van der Waals surface area contributed by atoms with E-state index in [0.717, 1.165) is 68.9 Å². The van der Waals surface area contributed by atoms with E-state index in [-0.39, 0.29) is 5.60 Å². The summed E-state index contributed by atoms with van der Waals surface area (Å²) in [5.41, 5.74) is 2.86. The summed E-state index contributed by atoms with van der Waals surface area (Å²) >= 11 is 0. The number of nitrogens with zero attached hydrogens (tertiary/aromatic N) is 4. The summed E-state index contributed by atoms with van der Waals surface area (Å²) in [6.45, 7) is 4.33. The number of benzene rings is 1. The number of hydrogen-bond donors (Lipinski definition) is 0. The molecule has 2 fully saturated rings. The average molecular weight is 407 g/mol. The molecule has 6 heteroatoms. The Kier molecular flexibility index (Phi) is 5.29. The number of hydrogen-bond acceptors (Lipinski definition) is 5. The zero-order chi connectivity index (χ0) is 20.6. The van der Waals surface area contributed by atoms with Crippen LogP contribution in [-0.4, -0.2) is 65.5 Å². The fraction of sp³-hybridized carbons (Fsp3) is 0.542. The number of amides is 1. The van der Waals surface area contributed by atoms with Crippen LogP contribution in [0.5, 0.6) is 0 Å². The first kappa shape index (κ1) is 19.6. The quantitative estimate of drug-likeness (QED) is 0.785. The summed E-state index contributed by atoms with van der Waals surface area (Å²) in [6, 6.07) is 10.1. The third-order valence-electron chi connectivity index (χ3n) is 6.95. The Morgan fingerprint density at radius 1 is 1.20 bits per heavy atom. The van der Waals surface area contributed by atoms with Crippen LogP contribution in [0, 0.1) is 5.92 Å². The van der Waals surface area contributed by atoms with Crippen LogP contribution in [0.3, 0.4) is 0 Å². The van der Waals surface area contributed by atoms with Gasteiger partial charge in [0, 0.05) is 37.8 Å². The molecular formula is C24H30N4O2. The van der Waals surface area contributed by atoms with Gasteiger partial charge < -0.3 is 14.5 Å². The van der Waals surface area contributed by atoms with Crippen LogP contribution in [0.4, 0.5) is 0 Å². The van der Waals surface area contributed by atoms with Gasteiger partial charge >= 0.3 is 0 Å². The van der Waals surface area contributed by atoms with Gasteiger partial charge in [-0.3, -0.25) is 4.79 Å². The summed E-state index contributed by atoms with van der Waals surface area (Å²) in [7, 11) is 2.14. The molecule has 2 aromatic rings. The molecule has 0 aliphatic carbocycles. The van der Waals surface area contributed by atoms with Gasteiger partial charge in [-0.2, -0.15) is 0 Å². The van der Waals surface area contributed by atoms with Crippen LogP contribution in [0.25, 0.3) is 11.4 Å². The monoisotopic (exact) mass is 406 g/mol. The number of piperidine rings is 1. The molecular weight excluding hydrogens is 376 g/mol. The molecule has 5 rings (SSSR count). The maximum absolute atomic E-state index is 12.9. The predicted octanol–water partition coefficient (Wildman–Crippen LogP) is 2.88. The van der Waals surface area contributed by atoms with Gasteiger partial charge in [-0.25, -0.2) is 9.97 Å². The Morgan fingerprint density at radius 2 is 2.00 bits per heavy atom. The molecule has 0 N–H and O–H groups in total. The topological polar surface area (TPSA) is 58.6 Å². The minimum atomic E-state index is -0.385. The predicted molar refractivity (Wildman–Crippen MR) is 115 cm³/mol. The fourth-order valence-corrected chi connectivity index (χ4v) is 5.20. The Morgan fingerprint density at radius 3 is 2.73 bits per heavy atom. The van der Waals surface area contributed by atoms with Crippen LogP contribution in [0.1, 0.15) is 36.9 Å². The average Bonchev–Trinajstić information content (AvgIpc) is 3.19. The lowest BCUT2D eigenvalue weighted by molar-refractivity contribution is -0.142. The van der Waals surface area contributed by atoms with E-state index in [1.807, 2.05) is 41.4 Å². The lowest BCUT2D eigenvalue weighted by Crippen LogP contribution is -2.49. The van der Waals surface area contributed by atoms with Gasteiger partial charge in [-0.05, 0) is 50.8 Å². The van der Waals surface area contributed by atoms with E-state index in [0.29, 0.717) is 24.9 Å². The number of carbonyl (C=O) groups is 1. The van der Waals surface area contributed by atoms with Crippen molar-refractivity contribution in [2.24, 2.45) is 5.92 Å². The lowest BCUT2D eigenvalue weighted by Gasteiger charge is -2.44. The first-order valence-corrected chi connectivity index (χ1v) is 11.1. The zero-order valence-electron chi connectivity index (χ0n) is 17.7. The molecule has 4 heterocycles. The van der Waals surface area contributed by atoms with Crippen LogP contribution in [-0.2, 0) is 21.6 Å². The largest absolute Gasteiger partial charge is 0.368 e. The minimum absolute atomic E-state index is 0.300. The van der Waals surface area contributed by atoms with E-state index in [4.69, 9.17) is 9.72 Å². The SMILES string of the molecule is CN1CCC(CC(=O)N2CCC3(CC2)OCCc2cnc(-c4ccccc4)nc23)C1. The van der Waals surface area contributed by atoms with Gasteiger partial charge in [0.25, 0.3) is 0 Å². The molecule has 1 aromatic carbocycles. The van der Waals surface area contributed by atoms with Gasteiger partial charge in [0.2, 0.25) is 5.91 Å². The molecule has 0 radical (unpaired) electrons. The highest BCUT2D eigenvalue weighted by Crippen LogP contribution is 2.41. The molecule has 1 amide bonds. The highest BCUT2D eigenvalue weighted by atomic mass is 16.5. The third kappa shape index (κ3) is 3.74. The molecule has 1 unspecified atom stereocenters. The molecule has 3 aliphatic rings. The Bertz CT molecular complexity index is 909. The van der Waals surface area contributed by atoms with Crippen molar-refractivity contribution in [2.45, 2.75) is 37.7 Å². The van der Waals surface area contributed by atoms with E-state index >= 15 is 0 Å². The molecule has 3 aliphatic heterocycles. The molecule has 2 saturated heterocycles. The maximum atomic E-state index is 12.9. The summed E-state index contributed by atoms with van der Waals surface area (Å²) in [4.78, 5) is 26.8. The van der Waals surface area contributed by atoms with Crippen molar-refractivity contribution in [3.8, 4) is 11.4 Å². The first-order valence-electron chi connectivity index (χ1n) is 11.1. The minimum Gasteiger partial charge on any atom is -0.368 e. The van der Waals surface area contributed by atoms with Gasteiger partial charge in [0.15, 0.2) is 5.82 Å². The Labute approximate surface area is 178 Å². The second kappa shape index (κ2) is 8.08. The molecule has 1 atom stereocenters. The molecule has 158 valence electrons. The lowest BCUT2D eigenvalue weighted by atomic mass is 9.83. The van der Waals surface area contributed by atoms with E-state index in [1.165, 1.54) is 5.56 Å². The van der Waals surface area contributed by atoms with Crippen molar-refractivity contribution in [3.63, 3.8) is 0 Å². The second-order valence-corrected chi connectivity index (χ2v) is 9.03. The second-order valence-electron chi connectivity index (χ2n) is 9.03. The smallest absolute Gasteiger partial charge is 0.222 e. The van der Waals surface area contributed by atoms with Crippen LogP contribution in [0.2, 0.25) is 0 Å². The summed E-state index contributed by atoms with van der Waals surface area (Å²) in [5.74, 6) is 1.56. The van der Waals surface area contributed by atoms with E-state index in [9.17, 15) is 4.79 Å². The number of carbonyl (C=O) groups excluding carboxylic acids is 1. The maximum Gasteiger partial charge on any atom is 0.222 e. The summed E-state index contributed by atoms with van der Waals surface area (Å²) in [6.07, 6.45) is 6.25. The van der Waals surface area contributed by atoms with Crippen LogP contribution < -0.4 is 0 Å². The van der Waals surface area contributed by atoms with Gasteiger partial charge in [0.1, 0.15) is 5.60 Å². The standard InChI is InChI=1S/C24H30N4O2/c1-27-11-7-18(17-27)15-21(29)28-12-9-24(10-13-28)22-20(8-14-30-24)16-25-23(26-22)19-5-3-2-4-6-19/h2-6,16,18H,7-15,17H2,1H3. The number of aromatic nitrogens is 2. The molecule has 0 bridgehead atoms. The van der Waals surface area contributed by atoms with Crippen LogP contribution >= 0.6 is 0 Å². The van der Waals surface area contributed by atoms with E-state index in [2.05, 4.69) is 16.9 Å². The van der Waals surface area contributed by atoms with E-state index < -0.39 is 0 Å². The fourth-order valence-electron chi connectivity index (χ4n) is 5.20. The van der Waals surface area contributed by atoms with E-state index in [1.54, 1.807) is 0 Å². The summed E-state index contributed by atoms with van der Waals surface area (Å²) in [5, 5.41) is 0. The van der Waals surface area contributed by atoms with Crippen molar-refractivity contribution < 1.29 is 9.53 Å². The van der Waals surface area contributed by atoms with Crippen molar-refractivity contribution in [1.29, 1.82) is 0 Å². The van der Waals surface area contributed by atoms with Crippen molar-refractivity contribution in [2.75, 3.05) is 39.8 Å². The first-order chi connectivity index (χ1) is 14.6. The number of rotatable bonds is 3. The number of ether oxygens (including phenoxy) is 1. The van der Waals surface area contributed by atoms with Crippen molar-refractivity contribution in [1.82, 2.24) is 19.8 Å². The zero-order valence-corrected chi connectivity index (χ0v) is 17.7. The highest BCUT2D eigenvalue weighted by molar-refractivity contribution is 5.76. The van der Waals surface area contributed by atoms with Crippen molar-refractivity contribution in [3.05, 3.63) is 47.8 Å².